The van der Waals surface area contributed by atoms with Gasteiger partial charge in [0.1, 0.15) is 0 Å². The maximum Gasteiger partial charge on any atom is 0.0462 e. The lowest BCUT2D eigenvalue weighted by atomic mass is 9.79. The van der Waals surface area contributed by atoms with E-state index in [1.54, 1.807) is 0 Å². The summed E-state index contributed by atoms with van der Waals surface area (Å²) >= 11 is 0. The summed E-state index contributed by atoms with van der Waals surface area (Å²) in [4.78, 5) is 2.36. The number of hydrogen-bond donors (Lipinski definition) is 0. The molecule has 5 aliphatic rings. The molecule has 0 saturated heterocycles. The third-order valence-corrected chi connectivity index (χ3v) is 17.0. The van der Waals surface area contributed by atoms with E-state index in [0.717, 1.165) is 29.9 Å². The van der Waals surface area contributed by atoms with Gasteiger partial charge in [0, 0.05) is 38.7 Å². The van der Waals surface area contributed by atoms with E-state index in [1.165, 1.54) is 111 Å². The van der Waals surface area contributed by atoms with Crippen LogP contribution in [0.15, 0.2) is 200 Å². The van der Waals surface area contributed by atoms with Crippen LogP contribution in [0, 0.1) is 6.92 Å². The van der Waals surface area contributed by atoms with Crippen molar-refractivity contribution in [1.29, 1.82) is 0 Å². The van der Waals surface area contributed by atoms with Gasteiger partial charge in [0.2, 0.25) is 0 Å². The molecule has 0 bridgehead atoms. The maximum absolute atomic E-state index is 4.19. The summed E-state index contributed by atoms with van der Waals surface area (Å²) in [6, 6.07) is 53.3. The Morgan fingerprint density at radius 1 is 0.514 bits per heavy atom. The summed E-state index contributed by atoms with van der Waals surface area (Å²) < 4.78 is 0. The molecule has 0 aromatic heterocycles. The van der Waals surface area contributed by atoms with Crippen molar-refractivity contribution >= 4 is 22.5 Å². The lowest BCUT2D eigenvalue weighted by Gasteiger charge is -2.27. The van der Waals surface area contributed by atoms with Gasteiger partial charge in [-0.2, -0.15) is 0 Å². The topological polar surface area (TPSA) is 3.24 Å². The van der Waals surface area contributed by atoms with E-state index in [0.29, 0.717) is 0 Å². The van der Waals surface area contributed by atoms with Gasteiger partial charge in [-0.15, -0.1) is 0 Å². The number of nitrogens with zero attached hydrogens (tertiary/aromatic N) is 1. The molecule has 344 valence electrons. The van der Waals surface area contributed by atoms with E-state index in [4.69, 9.17) is 0 Å². The average Bonchev–Trinajstić information content (AvgIpc) is 3.79. The molecule has 0 aliphatic heterocycles. The van der Waals surface area contributed by atoms with Gasteiger partial charge in [-0.25, -0.2) is 0 Å². The van der Waals surface area contributed by atoms with Crippen LogP contribution in [-0.4, -0.2) is 0 Å². The Kier molecular flexibility index (Phi) is 9.84. The normalized spacial score (nSPS) is 17.7. The molecule has 5 aliphatic carbocycles. The zero-order valence-electron chi connectivity index (χ0n) is 42.4. The predicted octanol–water partition coefficient (Wildman–Crippen LogP) is 18.0. The van der Waals surface area contributed by atoms with Crippen LogP contribution in [0.3, 0.4) is 0 Å². The quantitative estimate of drug-likeness (QED) is 0.137. The van der Waals surface area contributed by atoms with Gasteiger partial charge >= 0.3 is 0 Å². The number of aryl methyl sites for hydroxylation is 1. The number of fused-ring (bicyclic) bond motifs is 12. The van der Waals surface area contributed by atoms with Crippen LogP contribution in [0.25, 0.3) is 44.5 Å². The minimum absolute atomic E-state index is 0.0239. The van der Waals surface area contributed by atoms with E-state index < -0.39 is 0 Å². The Balaban J connectivity index is 0.831. The van der Waals surface area contributed by atoms with Crippen LogP contribution in [0.5, 0.6) is 0 Å². The predicted molar refractivity (Wildman–Crippen MR) is 298 cm³/mol. The fourth-order valence-electron chi connectivity index (χ4n) is 13.0. The Hall–Kier alpha value is -7.22. The number of anilines is 2. The molecule has 1 nitrogen and oxygen atoms in total. The molecule has 70 heavy (non-hydrogen) atoms. The van der Waals surface area contributed by atoms with Crippen molar-refractivity contribution in [2.75, 3.05) is 4.90 Å². The number of benzene rings is 7. The molecule has 0 unspecified atom stereocenters. The van der Waals surface area contributed by atoms with Crippen LogP contribution in [0.1, 0.15) is 123 Å². The van der Waals surface area contributed by atoms with Gasteiger partial charge in [0.05, 0.1) is 0 Å². The number of rotatable bonds is 8. The van der Waals surface area contributed by atoms with Gasteiger partial charge < -0.3 is 4.90 Å². The molecule has 0 amide bonds. The van der Waals surface area contributed by atoms with E-state index in [9.17, 15) is 0 Å². The first-order chi connectivity index (χ1) is 33.6. The van der Waals surface area contributed by atoms with Crippen LogP contribution in [-0.2, 0) is 28.1 Å². The lowest BCUT2D eigenvalue weighted by Crippen LogP contribution is -2.17. The van der Waals surface area contributed by atoms with Gasteiger partial charge in [0.15, 0.2) is 0 Å². The van der Waals surface area contributed by atoms with Crippen LogP contribution >= 0.6 is 0 Å². The monoisotopic (exact) mass is 905 g/mol. The second-order valence-electron chi connectivity index (χ2n) is 22.6. The molecule has 7 aromatic carbocycles. The molecular weight excluding hydrogens is 843 g/mol. The summed E-state index contributed by atoms with van der Waals surface area (Å²) in [7, 11) is 0. The Labute approximate surface area is 416 Å². The molecule has 0 radical (unpaired) electrons. The Bertz CT molecular complexity index is 3530. The van der Waals surface area contributed by atoms with E-state index in [1.807, 2.05) is 6.08 Å². The largest absolute Gasteiger partial charge is 0.311 e. The molecule has 1 heteroatoms. The minimum Gasteiger partial charge on any atom is -0.311 e. The second kappa shape index (κ2) is 15.6. The first-order valence-corrected chi connectivity index (χ1v) is 25.4. The minimum atomic E-state index is -0.133. The molecule has 7 aromatic rings. The van der Waals surface area contributed by atoms with Crippen molar-refractivity contribution in [2.24, 2.45) is 0 Å². The summed E-state index contributed by atoms with van der Waals surface area (Å²) in [5.74, 6) is 0. The third kappa shape index (κ3) is 6.50. The van der Waals surface area contributed by atoms with E-state index >= 15 is 0 Å². The highest BCUT2D eigenvalue weighted by atomic mass is 15.1. The van der Waals surface area contributed by atoms with Crippen LogP contribution in [0.2, 0.25) is 0 Å². The zero-order chi connectivity index (χ0) is 48.5. The third-order valence-electron chi connectivity index (χ3n) is 17.0. The fourth-order valence-corrected chi connectivity index (χ4v) is 13.0. The Morgan fingerprint density at radius 3 is 1.60 bits per heavy atom. The second-order valence-corrected chi connectivity index (χ2v) is 22.6. The molecule has 0 heterocycles. The van der Waals surface area contributed by atoms with Crippen LogP contribution < -0.4 is 4.90 Å². The van der Waals surface area contributed by atoms with Crippen molar-refractivity contribution in [3.8, 4) is 33.4 Å². The number of hydrogen-bond acceptors (Lipinski definition) is 1. The summed E-state index contributed by atoms with van der Waals surface area (Å²) in [5.41, 5.74) is 30.5. The van der Waals surface area contributed by atoms with Gasteiger partial charge in [-0.3, -0.25) is 0 Å². The van der Waals surface area contributed by atoms with Crippen molar-refractivity contribution in [2.45, 2.75) is 96.8 Å². The van der Waals surface area contributed by atoms with Crippen molar-refractivity contribution < 1.29 is 0 Å². The summed E-state index contributed by atoms with van der Waals surface area (Å²) in [5, 5.41) is 0. The van der Waals surface area contributed by atoms with Gasteiger partial charge in [0.25, 0.3) is 0 Å². The highest BCUT2D eigenvalue weighted by Crippen LogP contribution is 2.58. The molecule has 0 saturated carbocycles. The van der Waals surface area contributed by atoms with Crippen molar-refractivity contribution in [3.05, 3.63) is 261 Å². The molecule has 0 atom stereocenters. The Morgan fingerprint density at radius 2 is 1.01 bits per heavy atom. The molecule has 0 spiro atoms. The van der Waals surface area contributed by atoms with Crippen molar-refractivity contribution in [3.63, 3.8) is 0 Å². The van der Waals surface area contributed by atoms with E-state index in [-0.39, 0.29) is 21.7 Å². The molecule has 12 rings (SSSR count). The first-order valence-electron chi connectivity index (χ1n) is 25.4. The SMILES string of the molecule is C=CC=C(C=CCc1ccc2c(c1)C(C)(C)c1cc3c(cc1-2)C(C)(C)c1ccccc1-3)N(c1ccc(C)cc1)c1ccc(C2=CCC=C3C(=C2)C(C)(C)c2cc4c(cc23)C(C)(C)c2ccccc2-4)cc1. The van der Waals surface area contributed by atoms with Gasteiger partial charge in [-0.05, 0) is 192 Å². The lowest BCUT2D eigenvalue weighted by molar-refractivity contribution is 0.651. The summed E-state index contributed by atoms with van der Waals surface area (Å²) in [6.07, 6.45) is 17.7. The summed E-state index contributed by atoms with van der Waals surface area (Å²) in [6.45, 7) is 25.5. The van der Waals surface area contributed by atoms with Gasteiger partial charge in [-0.1, -0.05) is 183 Å². The molecule has 0 N–H and O–H groups in total. The molecule has 0 fully saturated rings. The maximum atomic E-state index is 4.19. The highest BCUT2D eigenvalue weighted by molar-refractivity contribution is 5.97. The number of allylic oxidation sites excluding steroid dienone is 10. The molecular formula is C69H63N. The standard InChI is InChI=1S/C69H63N/c1-11-18-47(21-16-19-44-29-36-53-57-42-63-55(40-65(57)68(7,8)60(53)37-44)51-23-13-15-26-59(51)67(63,5)6)70(48-32-27-43(2)28-33-48)49-34-30-45(31-35-49)46-20-17-24-52-56-41-62-54(39-64(56)69(9,10)61(52)38-46)50-22-12-14-25-58(50)66(62,3)4/h11-16,18,20-42H,1,17,19H2,2-10H3. The smallest absolute Gasteiger partial charge is 0.0462 e. The van der Waals surface area contributed by atoms with Crippen LogP contribution in [0.4, 0.5) is 11.4 Å². The highest BCUT2D eigenvalue weighted by Gasteiger charge is 2.44. The average molecular weight is 906 g/mol. The first kappa shape index (κ1) is 44.0. The van der Waals surface area contributed by atoms with Crippen molar-refractivity contribution in [1.82, 2.24) is 0 Å². The van der Waals surface area contributed by atoms with E-state index in [2.05, 4.69) is 250 Å². The zero-order valence-corrected chi connectivity index (χ0v) is 42.4. The fraction of sp³-hybridized carbons (Fsp3) is 0.217.